The minimum absolute atomic E-state index is 0. The molecule has 1 aliphatic rings. The van der Waals surface area contributed by atoms with E-state index in [2.05, 4.69) is 15.4 Å². The molecular weight excluding hydrogens is 326 g/mol. The van der Waals surface area contributed by atoms with E-state index in [9.17, 15) is 13.2 Å². The lowest BCUT2D eigenvalue weighted by molar-refractivity contribution is -0.116. The Balaban J connectivity index is 0.00000242. The lowest BCUT2D eigenvalue weighted by Gasteiger charge is -2.11. The minimum Gasteiger partial charge on any atom is -0.326 e. The molecule has 0 radical (unpaired) electrons. The molecule has 6 nitrogen and oxygen atoms in total. The van der Waals surface area contributed by atoms with Gasteiger partial charge in [0, 0.05) is 24.7 Å². The maximum Gasteiger partial charge on any atom is 0.225 e. The first-order valence-corrected chi connectivity index (χ1v) is 8.88. The van der Waals surface area contributed by atoms with Crippen molar-refractivity contribution in [1.29, 1.82) is 0 Å². The molecule has 1 aromatic rings. The Morgan fingerprint density at radius 2 is 2.00 bits per heavy atom. The number of carbonyl (C=O) groups is 1. The van der Waals surface area contributed by atoms with Gasteiger partial charge in [-0.2, -0.15) is 0 Å². The monoisotopic (exact) mass is 347 g/mol. The average Bonchev–Trinajstić information content (AvgIpc) is 2.89. The van der Waals surface area contributed by atoms with Crippen LogP contribution < -0.4 is 15.4 Å². The summed E-state index contributed by atoms with van der Waals surface area (Å²) < 4.78 is 24.4. The lowest BCUT2D eigenvalue weighted by atomic mass is 10.1. The molecular formula is C14H22ClN3O3S. The van der Waals surface area contributed by atoms with Crippen LogP contribution in [0.3, 0.4) is 0 Å². The maximum atomic E-state index is 11.9. The van der Waals surface area contributed by atoms with Crippen LogP contribution in [0.15, 0.2) is 24.3 Å². The Kier molecular flexibility index (Phi) is 7.28. The SMILES string of the molecule is CS(=O)(=O)NCc1ccc(NC(=O)CC2CCCN2)cc1.Cl. The van der Waals surface area contributed by atoms with Gasteiger partial charge in [-0.15, -0.1) is 12.4 Å². The van der Waals surface area contributed by atoms with Crippen LogP contribution in [0.4, 0.5) is 5.69 Å². The fourth-order valence-corrected chi connectivity index (χ4v) is 2.72. The van der Waals surface area contributed by atoms with E-state index in [0.717, 1.165) is 36.9 Å². The summed E-state index contributed by atoms with van der Waals surface area (Å²) in [6, 6.07) is 7.42. The average molecular weight is 348 g/mol. The second-order valence-corrected chi connectivity index (χ2v) is 7.17. The highest BCUT2D eigenvalue weighted by atomic mass is 35.5. The number of anilines is 1. The summed E-state index contributed by atoms with van der Waals surface area (Å²) in [6.07, 6.45) is 3.78. The molecule has 0 spiro atoms. The third-order valence-electron chi connectivity index (χ3n) is 3.37. The van der Waals surface area contributed by atoms with E-state index in [0.29, 0.717) is 6.42 Å². The van der Waals surface area contributed by atoms with Crippen molar-refractivity contribution < 1.29 is 13.2 Å². The molecule has 22 heavy (non-hydrogen) atoms. The minimum atomic E-state index is -3.19. The molecule has 1 heterocycles. The summed E-state index contributed by atoms with van der Waals surface area (Å²) in [6.45, 7) is 1.24. The van der Waals surface area contributed by atoms with Gasteiger partial charge >= 0.3 is 0 Å². The number of halogens is 1. The molecule has 0 aromatic heterocycles. The third kappa shape index (κ3) is 6.74. The fraction of sp³-hybridized carbons (Fsp3) is 0.500. The number of hydrogen-bond acceptors (Lipinski definition) is 4. The van der Waals surface area contributed by atoms with E-state index in [-0.39, 0.29) is 30.9 Å². The predicted molar refractivity (Wildman–Crippen MR) is 89.6 cm³/mol. The highest BCUT2D eigenvalue weighted by molar-refractivity contribution is 7.88. The molecule has 0 aliphatic carbocycles. The molecule has 1 atom stereocenters. The van der Waals surface area contributed by atoms with Crippen molar-refractivity contribution in [2.45, 2.75) is 31.8 Å². The Morgan fingerprint density at radius 1 is 1.32 bits per heavy atom. The van der Waals surface area contributed by atoms with Gasteiger partial charge in [0.05, 0.1) is 6.26 Å². The highest BCUT2D eigenvalue weighted by Gasteiger charge is 2.17. The first kappa shape index (κ1) is 18.9. The summed E-state index contributed by atoms with van der Waals surface area (Å²) >= 11 is 0. The number of sulfonamides is 1. The van der Waals surface area contributed by atoms with Gasteiger partial charge in [-0.25, -0.2) is 13.1 Å². The van der Waals surface area contributed by atoms with Gasteiger partial charge in [0.15, 0.2) is 0 Å². The van der Waals surface area contributed by atoms with Crippen molar-refractivity contribution in [1.82, 2.24) is 10.0 Å². The van der Waals surface area contributed by atoms with Gasteiger partial charge in [-0.3, -0.25) is 4.79 Å². The quantitative estimate of drug-likeness (QED) is 0.722. The third-order valence-corrected chi connectivity index (χ3v) is 4.04. The van der Waals surface area contributed by atoms with E-state index in [1.165, 1.54) is 0 Å². The molecule has 1 amide bonds. The van der Waals surface area contributed by atoms with Gasteiger partial charge in [-0.05, 0) is 37.1 Å². The van der Waals surface area contributed by atoms with Gasteiger partial charge in [-0.1, -0.05) is 12.1 Å². The summed E-state index contributed by atoms with van der Waals surface area (Å²) in [4.78, 5) is 11.9. The normalized spacial score (nSPS) is 17.8. The van der Waals surface area contributed by atoms with Crippen LogP contribution in [-0.2, 0) is 21.4 Å². The zero-order valence-corrected chi connectivity index (χ0v) is 14.1. The van der Waals surface area contributed by atoms with E-state index in [4.69, 9.17) is 0 Å². The highest BCUT2D eigenvalue weighted by Crippen LogP contribution is 2.13. The molecule has 8 heteroatoms. The van der Waals surface area contributed by atoms with Crippen molar-refractivity contribution in [2.24, 2.45) is 0 Å². The molecule has 0 bridgehead atoms. The van der Waals surface area contributed by atoms with Crippen molar-refractivity contribution in [2.75, 3.05) is 18.1 Å². The molecule has 3 N–H and O–H groups in total. The smallest absolute Gasteiger partial charge is 0.225 e. The number of rotatable bonds is 6. The van der Waals surface area contributed by atoms with Crippen LogP contribution >= 0.6 is 12.4 Å². The van der Waals surface area contributed by atoms with Gasteiger partial charge in [0.1, 0.15) is 0 Å². The van der Waals surface area contributed by atoms with Crippen LogP contribution in [0, 0.1) is 0 Å². The van der Waals surface area contributed by atoms with Crippen LogP contribution in [-0.4, -0.2) is 33.2 Å². The second kappa shape index (κ2) is 8.47. The zero-order chi connectivity index (χ0) is 15.3. The standard InChI is InChI=1S/C14H21N3O3S.ClH/c1-21(19,20)16-10-11-4-6-12(7-5-11)17-14(18)9-13-3-2-8-15-13;/h4-7,13,15-16H,2-3,8-10H2,1H3,(H,17,18);1H. The Labute approximate surface area is 137 Å². The van der Waals surface area contributed by atoms with Crippen molar-refractivity contribution in [3.63, 3.8) is 0 Å². The van der Waals surface area contributed by atoms with E-state index >= 15 is 0 Å². The van der Waals surface area contributed by atoms with Crippen LogP contribution in [0.2, 0.25) is 0 Å². The number of nitrogens with one attached hydrogen (secondary N) is 3. The molecule has 1 unspecified atom stereocenters. The molecule has 1 saturated heterocycles. The zero-order valence-electron chi connectivity index (χ0n) is 12.5. The Hall–Kier alpha value is -1.15. The van der Waals surface area contributed by atoms with Gasteiger partial charge in [0.2, 0.25) is 15.9 Å². The number of amides is 1. The van der Waals surface area contributed by atoms with Crippen LogP contribution in [0.5, 0.6) is 0 Å². The van der Waals surface area contributed by atoms with Crippen molar-refractivity contribution in [3.05, 3.63) is 29.8 Å². The van der Waals surface area contributed by atoms with E-state index in [1.54, 1.807) is 24.3 Å². The Morgan fingerprint density at radius 3 is 2.55 bits per heavy atom. The number of hydrogen-bond donors (Lipinski definition) is 3. The topological polar surface area (TPSA) is 87.3 Å². The summed E-state index contributed by atoms with van der Waals surface area (Å²) in [5.41, 5.74) is 1.57. The number of benzene rings is 1. The second-order valence-electron chi connectivity index (χ2n) is 5.34. The first-order valence-electron chi connectivity index (χ1n) is 6.99. The fourth-order valence-electron chi connectivity index (χ4n) is 2.29. The summed E-state index contributed by atoms with van der Waals surface area (Å²) in [5, 5.41) is 6.14. The molecule has 1 aliphatic heterocycles. The molecule has 124 valence electrons. The molecule has 1 fully saturated rings. The van der Waals surface area contributed by atoms with E-state index < -0.39 is 10.0 Å². The lowest BCUT2D eigenvalue weighted by Crippen LogP contribution is -2.27. The molecule has 2 rings (SSSR count). The Bertz CT molecular complexity index is 584. The first-order chi connectivity index (χ1) is 9.92. The van der Waals surface area contributed by atoms with Crippen molar-refractivity contribution >= 4 is 34.0 Å². The van der Waals surface area contributed by atoms with Crippen molar-refractivity contribution in [3.8, 4) is 0 Å². The maximum absolute atomic E-state index is 11.9. The molecule has 1 aromatic carbocycles. The largest absolute Gasteiger partial charge is 0.326 e. The molecule has 0 saturated carbocycles. The van der Waals surface area contributed by atoms with E-state index in [1.807, 2.05) is 0 Å². The summed E-state index contributed by atoms with van der Waals surface area (Å²) in [7, 11) is -3.19. The van der Waals surface area contributed by atoms with Crippen LogP contribution in [0.25, 0.3) is 0 Å². The summed E-state index contributed by atoms with van der Waals surface area (Å²) in [5.74, 6) is -0.00332. The van der Waals surface area contributed by atoms with Gasteiger partial charge in [0.25, 0.3) is 0 Å². The van der Waals surface area contributed by atoms with Gasteiger partial charge < -0.3 is 10.6 Å². The predicted octanol–water partition coefficient (Wildman–Crippen LogP) is 1.24. The van der Waals surface area contributed by atoms with Crippen LogP contribution in [0.1, 0.15) is 24.8 Å². The number of carbonyl (C=O) groups excluding carboxylic acids is 1.